The zero-order valence-electron chi connectivity index (χ0n) is 38.9. The number of anilines is 2. The van der Waals surface area contributed by atoms with E-state index in [0.29, 0.717) is 17.0 Å². The summed E-state index contributed by atoms with van der Waals surface area (Å²) in [5.74, 6) is 0.0267. The van der Waals surface area contributed by atoms with Crippen LogP contribution in [0.15, 0.2) is 78.9 Å². The van der Waals surface area contributed by atoms with Gasteiger partial charge in [-0.2, -0.15) is 15.0 Å². The second kappa shape index (κ2) is 32.3. The molecular formula is C55H81N5O2. The molecule has 1 aromatic heterocycles. The first-order valence-electron chi connectivity index (χ1n) is 25.2. The number of nitrogens with zero attached hydrogens (tertiary/aromatic N) is 3. The number of carbonyl (C=O) groups is 2. The summed E-state index contributed by atoms with van der Waals surface area (Å²) in [6, 6.07) is 25.2. The molecule has 0 atom stereocenters. The fourth-order valence-electron chi connectivity index (χ4n) is 8.48. The standard InChI is InChI=1S/C55H81N5O2/c1-3-5-7-9-11-13-15-17-19-21-23-25-27-30-38-46-40-34-36-44-49(46)52(61)58-54-56-51(48-42-32-29-33-43-48)57-55(60-54)59-53(62)50-45-37-35-41-47(50)39-31-28-26-24-22-20-18-16-14-12-10-8-6-4-2/h29,32-37,40-45H,3-28,30-31,38-39H2,1-2H3,(H2,56,57,58,59,60,61,62). The lowest BCUT2D eigenvalue weighted by molar-refractivity contribution is 0.101. The molecule has 7 nitrogen and oxygen atoms in total. The minimum Gasteiger partial charge on any atom is -0.290 e. The largest absolute Gasteiger partial charge is 0.290 e. The van der Waals surface area contributed by atoms with Crippen molar-refractivity contribution in [3.05, 3.63) is 101 Å². The monoisotopic (exact) mass is 844 g/mol. The molecule has 0 aliphatic carbocycles. The second-order valence-corrected chi connectivity index (χ2v) is 17.6. The number of aryl methyl sites for hydroxylation is 2. The first-order valence-corrected chi connectivity index (χ1v) is 25.2. The van der Waals surface area contributed by atoms with Crippen LogP contribution in [0, 0.1) is 0 Å². The Balaban J connectivity index is 1.25. The van der Waals surface area contributed by atoms with E-state index in [1.807, 2.05) is 78.9 Å². The number of unbranched alkanes of at least 4 members (excludes halogenated alkanes) is 26. The van der Waals surface area contributed by atoms with E-state index in [1.54, 1.807) is 0 Å². The van der Waals surface area contributed by atoms with Gasteiger partial charge in [-0.1, -0.05) is 248 Å². The summed E-state index contributed by atoms with van der Waals surface area (Å²) in [5, 5.41) is 5.89. The normalized spacial score (nSPS) is 11.2. The first-order chi connectivity index (χ1) is 30.6. The molecular weight excluding hydrogens is 763 g/mol. The Hall–Kier alpha value is -4.39. The third-order valence-electron chi connectivity index (χ3n) is 12.2. The van der Waals surface area contributed by atoms with E-state index >= 15 is 0 Å². The third-order valence-corrected chi connectivity index (χ3v) is 12.2. The summed E-state index contributed by atoms with van der Waals surface area (Å²) in [7, 11) is 0. The van der Waals surface area contributed by atoms with Gasteiger partial charge < -0.3 is 0 Å². The van der Waals surface area contributed by atoms with Crippen molar-refractivity contribution in [3.8, 4) is 11.4 Å². The number of benzene rings is 3. The number of carbonyl (C=O) groups excluding carboxylic acids is 2. The molecule has 4 rings (SSSR count). The Kier molecular flexibility index (Phi) is 26.2. The minimum absolute atomic E-state index is 0.0983. The van der Waals surface area contributed by atoms with Crippen LogP contribution in [0.2, 0.25) is 0 Å². The molecule has 4 aromatic rings. The van der Waals surface area contributed by atoms with Crippen molar-refractivity contribution in [3.63, 3.8) is 0 Å². The van der Waals surface area contributed by atoms with Crippen LogP contribution in [-0.4, -0.2) is 26.8 Å². The highest BCUT2D eigenvalue weighted by Crippen LogP contribution is 2.22. The van der Waals surface area contributed by atoms with Gasteiger partial charge in [-0.15, -0.1) is 0 Å². The molecule has 62 heavy (non-hydrogen) atoms. The predicted octanol–water partition coefficient (Wildman–Crippen LogP) is 16.1. The molecule has 2 amide bonds. The van der Waals surface area contributed by atoms with Crippen LogP contribution in [0.3, 0.4) is 0 Å². The van der Waals surface area contributed by atoms with E-state index in [-0.39, 0.29) is 23.7 Å². The molecule has 0 saturated carbocycles. The highest BCUT2D eigenvalue weighted by atomic mass is 16.2. The molecule has 0 unspecified atom stereocenters. The van der Waals surface area contributed by atoms with Gasteiger partial charge in [-0.25, -0.2) is 0 Å². The Morgan fingerprint density at radius 3 is 1.03 bits per heavy atom. The van der Waals surface area contributed by atoms with Crippen LogP contribution in [-0.2, 0) is 12.8 Å². The zero-order valence-corrected chi connectivity index (χ0v) is 38.9. The highest BCUT2D eigenvalue weighted by Gasteiger charge is 2.18. The third kappa shape index (κ3) is 20.7. The van der Waals surface area contributed by atoms with Crippen LogP contribution < -0.4 is 10.6 Å². The van der Waals surface area contributed by atoms with E-state index in [2.05, 4.69) is 39.4 Å². The summed E-state index contributed by atoms with van der Waals surface area (Å²) in [6.07, 6.45) is 38.6. The van der Waals surface area contributed by atoms with Crippen LogP contribution in [0.4, 0.5) is 11.9 Å². The fourth-order valence-corrected chi connectivity index (χ4v) is 8.48. The molecule has 0 radical (unpaired) electrons. The maximum atomic E-state index is 13.8. The zero-order chi connectivity index (χ0) is 43.7. The number of amides is 2. The molecule has 0 aliphatic heterocycles. The van der Waals surface area contributed by atoms with E-state index in [4.69, 9.17) is 0 Å². The molecule has 0 bridgehead atoms. The van der Waals surface area contributed by atoms with Crippen molar-refractivity contribution in [2.75, 3.05) is 10.6 Å². The number of hydrogen-bond acceptors (Lipinski definition) is 5. The SMILES string of the molecule is CCCCCCCCCCCCCCCCc1ccccc1C(=O)Nc1nc(NC(=O)c2ccccc2CCCCCCCCCCCCCCCC)nc(-c2ccccc2)n1. The number of hydrogen-bond donors (Lipinski definition) is 2. The lowest BCUT2D eigenvalue weighted by Gasteiger charge is -2.13. The Labute approximate surface area is 376 Å². The fraction of sp³-hybridized carbons (Fsp3) is 0.582. The predicted molar refractivity (Wildman–Crippen MR) is 262 cm³/mol. The molecule has 7 heteroatoms. The van der Waals surface area contributed by atoms with Gasteiger partial charge in [0.1, 0.15) is 0 Å². The maximum Gasteiger partial charge on any atom is 0.258 e. The van der Waals surface area contributed by atoms with E-state index in [9.17, 15) is 9.59 Å². The maximum absolute atomic E-state index is 13.8. The quantitative estimate of drug-likeness (QED) is 0.0450. The number of aromatic nitrogens is 3. The molecule has 338 valence electrons. The van der Waals surface area contributed by atoms with Gasteiger partial charge in [0.05, 0.1) is 0 Å². The van der Waals surface area contributed by atoms with Crippen molar-refractivity contribution in [1.82, 2.24) is 15.0 Å². The smallest absolute Gasteiger partial charge is 0.258 e. The molecule has 3 aromatic carbocycles. The molecule has 0 saturated heterocycles. The lowest BCUT2D eigenvalue weighted by Crippen LogP contribution is -2.20. The Bertz CT molecular complexity index is 1690. The van der Waals surface area contributed by atoms with Gasteiger partial charge in [0.25, 0.3) is 11.8 Å². The Morgan fingerprint density at radius 2 is 0.677 bits per heavy atom. The summed E-state index contributed by atoms with van der Waals surface area (Å²) < 4.78 is 0. The van der Waals surface area contributed by atoms with Crippen molar-refractivity contribution >= 4 is 23.7 Å². The van der Waals surface area contributed by atoms with Crippen molar-refractivity contribution in [2.45, 2.75) is 206 Å². The highest BCUT2D eigenvalue weighted by molar-refractivity contribution is 6.06. The van der Waals surface area contributed by atoms with Crippen LogP contribution in [0.5, 0.6) is 0 Å². The minimum atomic E-state index is -0.271. The van der Waals surface area contributed by atoms with Crippen molar-refractivity contribution < 1.29 is 9.59 Å². The summed E-state index contributed by atoms with van der Waals surface area (Å²) in [5.41, 5.74) is 4.03. The van der Waals surface area contributed by atoms with E-state index in [1.165, 1.54) is 154 Å². The van der Waals surface area contributed by atoms with Crippen molar-refractivity contribution in [2.24, 2.45) is 0 Å². The molecule has 2 N–H and O–H groups in total. The summed E-state index contributed by atoms with van der Waals surface area (Å²) in [4.78, 5) is 41.4. The van der Waals surface area contributed by atoms with Gasteiger partial charge >= 0.3 is 0 Å². The summed E-state index contributed by atoms with van der Waals surface area (Å²) >= 11 is 0. The number of rotatable bonds is 35. The van der Waals surface area contributed by atoms with Crippen LogP contribution in [0.25, 0.3) is 11.4 Å². The van der Waals surface area contributed by atoms with Crippen LogP contribution in [0.1, 0.15) is 225 Å². The van der Waals surface area contributed by atoms with Gasteiger partial charge in [0, 0.05) is 16.7 Å². The topological polar surface area (TPSA) is 96.9 Å². The van der Waals surface area contributed by atoms with Gasteiger partial charge in [0.15, 0.2) is 5.82 Å². The first kappa shape index (κ1) is 50.3. The van der Waals surface area contributed by atoms with Crippen molar-refractivity contribution in [1.29, 1.82) is 0 Å². The summed E-state index contributed by atoms with van der Waals surface area (Å²) in [6.45, 7) is 4.56. The van der Waals surface area contributed by atoms with Gasteiger partial charge in [-0.3, -0.25) is 20.2 Å². The average molecular weight is 844 g/mol. The van der Waals surface area contributed by atoms with E-state index in [0.717, 1.165) is 55.2 Å². The number of nitrogens with one attached hydrogen (secondary N) is 2. The van der Waals surface area contributed by atoms with Gasteiger partial charge in [0.2, 0.25) is 11.9 Å². The van der Waals surface area contributed by atoms with E-state index < -0.39 is 0 Å². The second-order valence-electron chi connectivity index (χ2n) is 17.6. The molecule has 0 fully saturated rings. The average Bonchev–Trinajstić information content (AvgIpc) is 3.29. The Morgan fingerprint density at radius 1 is 0.371 bits per heavy atom. The molecule has 0 aliphatic rings. The molecule has 1 heterocycles. The lowest BCUT2D eigenvalue weighted by atomic mass is 9.99. The van der Waals surface area contributed by atoms with Crippen LogP contribution >= 0.6 is 0 Å². The van der Waals surface area contributed by atoms with Gasteiger partial charge in [-0.05, 0) is 48.9 Å². The molecule has 0 spiro atoms.